The lowest BCUT2D eigenvalue weighted by Gasteiger charge is -2.26. The van der Waals surface area contributed by atoms with Crippen LogP contribution in [-0.2, 0) is 6.54 Å². The van der Waals surface area contributed by atoms with Gasteiger partial charge in [-0.15, -0.1) is 0 Å². The van der Waals surface area contributed by atoms with E-state index in [0.29, 0.717) is 5.54 Å². The van der Waals surface area contributed by atoms with Gasteiger partial charge in [-0.2, -0.15) is 11.3 Å². The molecule has 0 amide bonds. The minimum Gasteiger partial charge on any atom is -0.329 e. The molecule has 0 atom stereocenters. The molecule has 0 spiro atoms. The molecule has 3 heteroatoms. The first-order valence-electron chi connectivity index (χ1n) is 4.69. The van der Waals surface area contributed by atoms with E-state index >= 15 is 0 Å². The van der Waals surface area contributed by atoms with Gasteiger partial charge in [-0.25, -0.2) is 0 Å². The molecule has 13 heavy (non-hydrogen) atoms. The van der Waals surface area contributed by atoms with Gasteiger partial charge >= 0.3 is 0 Å². The quantitative estimate of drug-likeness (QED) is 0.793. The zero-order chi connectivity index (χ0) is 9.31. The molecule has 1 aliphatic rings. The fourth-order valence-electron chi connectivity index (χ4n) is 1.71. The van der Waals surface area contributed by atoms with E-state index in [1.807, 2.05) is 0 Å². The summed E-state index contributed by atoms with van der Waals surface area (Å²) in [5, 5.41) is 4.34. The summed E-state index contributed by atoms with van der Waals surface area (Å²) in [4.78, 5) is 2.40. The van der Waals surface area contributed by atoms with Crippen LogP contribution in [0.5, 0.6) is 0 Å². The Morgan fingerprint density at radius 3 is 2.85 bits per heavy atom. The van der Waals surface area contributed by atoms with Gasteiger partial charge in [0.25, 0.3) is 0 Å². The standard InChI is InChI=1S/C10H16N2S/c1-12(10(8-11)3-4-10)6-9-2-5-13-7-9/h2,5,7H,3-4,6,8,11H2,1H3. The highest BCUT2D eigenvalue weighted by molar-refractivity contribution is 7.07. The number of likely N-dealkylation sites (N-methyl/N-ethyl adjacent to an activating group) is 1. The maximum absolute atomic E-state index is 5.76. The summed E-state index contributed by atoms with van der Waals surface area (Å²) in [6.45, 7) is 1.84. The average molecular weight is 196 g/mol. The van der Waals surface area contributed by atoms with Gasteiger partial charge in [-0.1, -0.05) is 0 Å². The number of hydrogen-bond acceptors (Lipinski definition) is 3. The lowest BCUT2D eigenvalue weighted by molar-refractivity contribution is 0.219. The highest BCUT2D eigenvalue weighted by atomic mass is 32.1. The Kier molecular flexibility index (Phi) is 2.41. The fraction of sp³-hybridized carbons (Fsp3) is 0.600. The van der Waals surface area contributed by atoms with Gasteiger partial charge in [0.2, 0.25) is 0 Å². The van der Waals surface area contributed by atoms with Crippen molar-refractivity contribution in [1.82, 2.24) is 4.90 Å². The second-order valence-electron chi connectivity index (χ2n) is 3.92. The summed E-state index contributed by atoms with van der Waals surface area (Å²) in [7, 11) is 2.18. The molecule has 72 valence electrons. The molecule has 0 bridgehead atoms. The van der Waals surface area contributed by atoms with E-state index in [4.69, 9.17) is 5.73 Å². The molecule has 1 saturated carbocycles. The molecule has 1 aromatic heterocycles. The van der Waals surface area contributed by atoms with E-state index in [1.165, 1.54) is 18.4 Å². The summed E-state index contributed by atoms with van der Waals surface area (Å²) in [5.41, 5.74) is 7.50. The first kappa shape index (κ1) is 9.19. The summed E-state index contributed by atoms with van der Waals surface area (Å²) >= 11 is 1.76. The molecule has 2 nitrogen and oxygen atoms in total. The summed E-state index contributed by atoms with van der Waals surface area (Å²) in [6.07, 6.45) is 2.54. The topological polar surface area (TPSA) is 29.3 Å². The highest BCUT2D eigenvalue weighted by Crippen LogP contribution is 2.40. The second kappa shape index (κ2) is 3.40. The molecule has 1 aromatic rings. The van der Waals surface area contributed by atoms with Crippen molar-refractivity contribution in [2.45, 2.75) is 24.9 Å². The third-order valence-electron chi connectivity index (χ3n) is 3.02. The van der Waals surface area contributed by atoms with Crippen molar-refractivity contribution in [1.29, 1.82) is 0 Å². The van der Waals surface area contributed by atoms with E-state index in [0.717, 1.165) is 13.1 Å². The zero-order valence-corrected chi connectivity index (χ0v) is 8.81. The number of thiophene rings is 1. The van der Waals surface area contributed by atoms with Gasteiger partial charge in [-0.3, -0.25) is 4.90 Å². The molecule has 1 heterocycles. The van der Waals surface area contributed by atoms with Crippen molar-refractivity contribution in [2.24, 2.45) is 5.73 Å². The van der Waals surface area contributed by atoms with E-state index in [2.05, 4.69) is 28.8 Å². The van der Waals surface area contributed by atoms with Gasteiger partial charge in [-0.05, 0) is 42.3 Å². The summed E-state index contributed by atoms with van der Waals surface area (Å²) in [5.74, 6) is 0. The maximum atomic E-state index is 5.76. The predicted octanol–water partition coefficient (Wildman–Crippen LogP) is 1.67. The Balaban J connectivity index is 1.95. The summed E-state index contributed by atoms with van der Waals surface area (Å²) < 4.78 is 0. The van der Waals surface area contributed by atoms with E-state index in [-0.39, 0.29) is 0 Å². The Labute approximate surface area is 83.4 Å². The van der Waals surface area contributed by atoms with E-state index in [1.54, 1.807) is 11.3 Å². The SMILES string of the molecule is CN(Cc1ccsc1)C1(CN)CC1. The Morgan fingerprint density at radius 2 is 2.38 bits per heavy atom. The normalized spacial score (nSPS) is 19.3. The molecule has 1 fully saturated rings. The van der Waals surface area contributed by atoms with Crippen molar-refractivity contribution in [3.63, 3.8) is 0 Å². The van der Waals surface area contributed by atoms with Crippen molar-refractivity contribution in [2.75, 3.05) is 13.6 Å². The first-order valence-corrected chi connectivity index (χ1v) is 5.63. The van der Waals surface area contributed by atoms with Gasteiger partial charge in [0.1, 0.15) is 0 Å². The highest BCUT2D eigenvalue weighted by Gasteiger charge is 2.44. The number of rotatable bonds is 4. The molecule has 0 unspecified atom stereocenters. The van der Waals surface area contributed by atoms with Crippen LogP contribution in [0.4, 0.5) is 0 Å². The molecule has 2 rings (SSSR count). The lowest BCUT2D eigenvalue weighted by Crippen LogP contribution is -2.39. The van der Waals surface area contributed by atoms with Crippen LogP contribution in [0.15, 0.2) is 16.8 Å². The van der Waals surface area contributed by atoms with Gasteiger partial charge in [0.15, 0.2) is 0 Å². The summed E-state index contributed by atoms with van der Waals surface area (Å²) in [6, 6.07) is 2.19. The van der Waals surface area contributed by atoms with Crippen LogP contribution in [0.3, 0.4) is 0 Å². The van der Waals surface area contributed by atoms with Crippen LogP contribution < -0.4 is 5.73 Å². The van der Waals surface area contributed by atoms with Crippen LogP contribution in [0, 0.1) is 0 Å². The Bertz CT molecular complexity index is 264. The van der Waals surface area contributed by atoms with Gasteiger partial charge in [0.05, 0.1) is 0 Å². The Hall–Kier alpha value is -0.380. The third kappa shape index (κ3) is 1.77. The predicted molar refractivity (Wildman–Crippen MR) is 56.8 cm³/mol. The minimum atomic E-state index is 0.335. The van der Waals surface area contributed by atoms with Gasteiger partial charge < -0.3 is 5.73 Å². The molecule has 2 N–H and O–H groups in total. The average Bonchev–Trinajstić information content (AvgIpc) is 2.79. The van der Waals surface area contributed by atoms with Crippen molar-refractivity contribution in [3.05, 3.63) is 22.4 Å². The molecule has 0 aromatic carbocycles. The van der Waals surface area contributed by atoms with E-state index in [9.17, 15) is 0 Å². The fourth-order valence-corrected chi connectivity index (χ4v) is 2.37. The molecular weight excluding hydrogens is 180 g/mol. The van der Waals surface area contributed by atoms with Crippen molar-refractivity contribution < 1.29 is 0 Å². The van der Waals surface area contributed by atoms with E-state index < -0.39 is 0 Å². The van der Waals surface area contributed by atoms with Crippen molar-refractivity contribution >= 4 is 11.3 Å². The maximum Gasteiger partial charge on any atom is 0.0333 e. The van der Waals surface area contributed by atoms with Crippen LogP contribution in [0.2, 0.25) is 0 Å². The molecular formula is C10H16N2S. The number of nitrogens with zero attached hydrogens (tertiary/aromatic N) is 1. The molecule has 1 aliphatic carbocycles. The third-order valence-corrected chi connectivity index (χ3v) is 3.75. The van der Waals surface area contributed by atoms with Crippen LogP contribution in [0.25, 0.3) is 0 Å². The monoisotopic (exact) mass is 196 g/mol. The molecule has 0 aliphatic heterocycles. The lowest BCUT2D eigenvalue weighted by atomic mass is 10.2. The zero-order valence-electron chi connectivity index (χ0n) is 7.99. The first-order chi connectivity index (χ1) is 6.27. The molecule has 0 saturated heterocycles. The minimum absolute atomic E-state index is 0.335. The molecule has 0 radical (unpaired) electrons. The van der Waals surface area contributed by atoms with Crippen LogP contribution in [0.1, 0.15) is 18.4 Å². The Morgan fingerprint density at radius 1 is 1.62 bits per heavy atom. The van der Waals surface area contributed by atoms with Crippen LogP contribution in [-0.4, -0.2) is 24.0 Å². The van der Waals surface area contributed by atoms with Crippen molar-refractivity contribution in [3.8, 4) is 0 Å². The van der Waals surface area contributed by atoms with Crippen LogP contribution >= 0.6 is 11.3 Å². The smallest absolute Gasteiger partial charge is 0.0333 e. The number of nitrogens with two attached hydrogens (primary N) is 1. The van der Waals surface area contributed by atoms with Gasteiger partial charge in [0, 0.05) is 18.6 Å². The largest absolute Gasteiger partial charge is 0.329 e. The number of hydrogen-bond donors (Lipinski definition) is 1. The second-order valence-corrected chi connectivity index (χ2v) is 4.70.